The minimum atomic E-state index is 1.13. The minimum absolute atomic E-state index is 1.13. The van der Waals surface area contributed by atoms with Gasteiger partial charge in [-0.05, 0) is 13.3 Å². The van der Waals surface area contributed by atoms with Gasteiger partial charge in [0, 0.05) is 0 Å². The Morgan fingerprint density at radius 1 is 1.44 bits per heavy atom. The van der Waals surface area contributed by atoms with Crippen LogP contribution in [0.15, 0.2) is 36.5 Å². The molecule has 0 aliphatic heterocycles. The molecule has 0 nitrogen and oxygen atoms in total. The number of allylic oxidation sites excluding steroid dienone is 5. The minimum Gasteiger partial charge on any atom is -0.0991 e. The van der Waals surface area contributed by atoms with Crippen molar-refractivity contribution in [2.24, 2.45) is 0 Å². The molecule has 0 heteroatoms. The monoisotopic (exact) mass is 122 g/mol. The molecule has 0 fully saturated rings. The van der Waals surface area contributed by atoms with E-state index < -0.39 is 0 Å². The fourth-order valence-corrected chi connectivity index (χ4v) is 0.416. The predicted octanol–water partition coefficient (Wildman–Crippen LogP) is 3.08. The average molecular weight is 122 g/mol. The van der Waals surface area contributed by atoms with Crippen LogP contribution in [0.1, 0.15) is 20.3 Å². The van der Waals surface area contributed by atoms with Gasteiger partial charge in [0.25, 0.3) is 0 Å². The molecule has 9 heavy (non-hydrogen) atoms. The van der Waals surface area contributed by atoms with Crippen molar-refractivity contribution >= 4 is 0 Å². The topological polar surface area (TPSA) is 0 Å². The van der Waals surface area contributed by atoms with E-state index in [0.717, 1.165) is 6.42 Å². The van der Waals surface area contributed by atoms with Gasteiger partial charge in [-0.3, -0.25) is 0 Å². The van der Waals surface area contributed by atoms with Gasteiger partial charge in [0.15, 0.2) is 0 Å². The molecule has 0 saturated carbocycles. The normalized spacial score (nSPS) is 12.4. The summed E-state index contributed by atoms with van der Waals surface area (Å²) < 4.78 is 0. The molecule has 0 saturated heterocycles. The number of hydrogen-bond acceptors (Lipinski definition) is 0. The molecule has 0 unspecified atom stereocenters. The van der Waals surface area contributed by atoms with Crippen LogP contribution in [0.3, 0.4) is 0 Å². The Balaban J connectivity index is 3.67. The van der Waals surface area contributed by atoms with Crippen molar-refractivity contribution in [3.05, 3.63) is 36.5 Å². The Hall–Kier alpha value is -0.780. The molecule has 0 aromatic heterocycles. The molecule has 0 heterocycles. The molecule has 0 aliphatic carbocycles. The van der Waals surface area contributed by atoms with Gasteiger partial charge < -0.3 is 0 Å². The SMILES string of the molecule is C=CC=CC=C(C)CC. The van der Waals surface area contributed by atoms with Gasteiger partial charge in [0.2, 0.25) is 0 Å². The summed E-state index contributed by atoms with van der Waals surface area (Å²) in [5, 5.41) is 0. The maximum absolute atomic E-state index is 3.57. The highest BCUT2D eigenvalue weighted by atomic mass is 13.8. The van der Waals surface area contributed by atoms with E-state index in [1.165, 1.54) is 5.57 Å². The molecule has 0 aromatic carbocycles. The molecule has 0 radical (unpaired) electrons. The van der Waals surface area contributed by atoms with Crippen LogP contribution in [0, 0.1) is 0 Å². The van der Waals surface area contributed by atoms with E-state index in [1.54, 1.807) is 6.08 Å². The molecular formula is C9H14. The summed E-state index contributed by atoms with van der Waals surface area (Å²) in [6.45, 7) is 7.83. The summed E-state index contributed by atoms with van der Waals surface area (Å²) in [6, 6.07) is 0. The summed E-state index contributed by atoms with van der Waals surface area (Å²) in [5.41, 5.74) is 1.40. The lowest BCUT2D eigenvalue weighted by molar-refractivity contribution is 1.10. The first-order chi connectivity index (χ1) is 4.31. The van der Waals surface area contributed by atoms with Gasteiger partial charge in [-0.15, -0.1) is 0 Å². The molecule has 0 amide bonds. The quantitative estimate of drug-likeness (QED) is 0.504. The first-order valence-corrected chi connectivity index (χ1v) is 3.26. The smallest absolute Gasteiger partial charge is 0.0349 e. The van der Waals surface area contributed by atoms with Gasteiger partial charge in [-0.25, -0.2) is 0 Å². The highest BCUT2D eigenvalue weighted by Crippen LogP contribution is 1.96. The van der Waals surface area contributed by atoms with Gasteiger partial charge in [0.1, 0.15) is 0 Å². The van der Waals surface area contributed by atoms with E-state index in [-0.39, 0.29) is 0 Å². The zero-order valence-corrected chi connectivity index (χ0v) is 6.22. The van der Waals surface area contributed by atoms with Crippen LogP contribution < -0.4 is 0 Å². The zero-order chi connectivity index (χ0) is 7.11. The van der Waals surface area contributed by atoms with E-state index in [0.29, 0.717) is 0 Å². The van der Waals surface area contributed by atoms with Crippen LogP contribution in [-0.4, -0.2) is 0 Å². The molecule has 0 aliphatic rings. The molecule has 50 valence electrons. The number of hydrogen-bond donors (Lipinski definition) is 0. The molecular weight excluding hydrogens is 108 g/mol. The van der Waals surface area contributed by atoms with E-state index in [9.17, 15) is 0 Å². The van der Waals surface area contributed by atoms with Gasteiger partial charge >= 0.3 is 0 Å². The molecule has 0 aromatic rings. The Kier molecular flexibility index (Phi) is 4.89. The first kappa shape index (κ1) is 8.22. The Labute approximate surface area is 57.6 Å². The van der Waals surface area contributed by atoms with E-state index >= 15 is 0 Å². The number of rotatable bonds is 3. The zero-order valence-electron chi connectivity index (χ0n) is 6.22. The van der Waals surface area contributed by atoms with Gasteiger partial charge in [0.05, 0.1) is 0 Å². The van der Waals surface area contributed by atoms with Crippen LogP contribution in [0.25, 0.3) is 0 Å². The van der Waals surface area contributed by atoms with Crippen LogP contribution in [0.5, 0.6) is 0 Å². The third kappa shape index (κ3) is 5.09. The molecule has 0 spiro atoms. The maximum Gasteiger partial charge on any atom is -0.0349 e. The second kappa shape index (κ2) is 5.36. The summed E-state index contributed by atoms with van der Waals surface area (Å²) in [6.07, 6.45) is 8.94. The molecule has 0 N–H and O–H groups in total. The van der Waals surface area contributed by atoms with Crippen LogP contribution in [-0.2, 0) is 0 Å². The van der Waals surface area contributed by atoms with E-state index in [2.05, 4.69) is 26.5 Å². The largest absolute Gasteiger partial charge is 0.0991 e. The Morgan fingerprint density at radius 3 is 2.56 bits per heavy atom. The molecule has 0 bridgehead atoms. The fraction of sp³-hybridized carbons (Fsp3) is 0.333. The van der Waals surface area contributed by atoms with Crippen LogP contribution >= 0.6 is 0 Å². The molecule has 0 atom stereocenters. The van der Waals surface area contributed by atoms with Crippen molar-refractivity contribution in [3.63, 3.8) is 0 Å². The second-order valence-electron chi connectivity index (χ2n) is 1.99. The van der Waals surface area contributed by atoms with E-state index in [1.807, 2.05) is 12.2 Å². The van der Waals surface area contributed by atoms with Gasteiger partial charge in [-0.2, -0.15) is 0 Å². The lowest BCUT2D eigenvalue weighted by Gasteiger charge is -1.87. The maximum atomic E-state index is 3.57. The highest BCUT2D eigenvalue weighted by Gasteiger charge is 1.76. The van der Waals surface area contributed by atoms with Crippen molar-refractivity contribution in [1.29, 1.82) is 0 Å². The van der Waals surface area contributed by atoms with Crippen molar-refractivity contribution in [2.45, 2.75) is 20.3 Å². The van der Waals surface area contributed by atoms with Crippen LogP contribution in [0.4, 0.5) is 0 Å². The van der Waals surface area contributed by atoms with Gasteiger partial charge in [-0.1, -0.05) is 43.4 Å². The Bertz CT molecular complexity index is 127. The third-order valence-corrected chi connectivity index (χ3v) is 1.19. The summed E-state index contributed by atoms with van der Waals surface area (Å²) in [7, 11) is 0. The predicted molar refractivity (Wildman–Crippen MR) is 43.4 cm³/mol. The fourth-order valence-electron chi connectivity index (χ4n) is 0.416. The first-order valence-electron chi connectivity index (χ1n) is 3.26. The Morgan fingerprint density at radius 2 is 2.11 bits per heavy atom. The highest BCUT2D eigenvalue weighted by molar-refractivity contribution is 5.13. The van der Waals surface area contributed by atoms with Crippen molar-refractivity contribution in [2.75, 3.05) is 0 Å². The lowest BCUT2D eigenvalue weighted by Crippen LogP contribution is -1.66. The second-order valence-corrected chi connectivity index (χ2v) is 1.99. The average Bonchev–Trinajstić information content (AvgIpc) is 1.89. The standard InChI is InChI=1S/C9H14/c1-4-6-7-8-9(3)5-2/h4,6-8H,1,5H2,2-3H3. The summed E-state index contributed by atoms with van der Waals surface area (Å²) in [4.78, 5) is 0. The molecule has 0 rings (SSSR count). The summed E-state index contributed by atoms with van der Waals surface area (Å²) in [5.74, 6) is 0. The van der Waals surface area contributed by atoms with Crippen LogP contribution in [0.2, 0.25) is 0 Å². The summed E-state index contributed by atoms with van der Waals surface area (Å²) >= 11 is 0. The van der Waals surface area contributed by atoms with Crippen molar-refractivity contribution < 1.29 is 0 Å². The van der Waals surface area contributed by atoms with Crippen molar-refractivity contribution in [3.8, 4) is 0 Å². The van der Waals surface area contributed by atoms with E-state index in [4.69, 9.17) is 0 Å². The van der Waals surface area contributed by atoms with Crippen molar-refractivity contribution in [1.82, 2.24) is 0 Å². The lowest BCUT2D eigenvalue weighted by atomic mass is 10.2. The third-order valence-electron chi connectivity index (χ3n) is 1.19.